The Morgan fingerprint density at radius 1 is 1.08 bits per heavy atom. The SMILES string of the molecule is O=C1OC(=Nc2cc(OC3CCCC3)ccc2F)C2=C1CCCC2. The van der Waals surface area contributed by atoms with E-state index < -0.39 is 5.82 Å². The number of rotatable bonds is 3. The summed E-state index contributed by atoms with van der Waals surface area (Å²) in [5, 5.41) is 0. The molecule has 1 saturated carbocycles. The largest absolute Gasteiger partial charge is 0.490 e. The fourth-order valence-electron chi connectivity index (χ4n) is 3.63. The molecule has 1 fully saturated rings. The fraction of sp³-hybridized carbons (Fsp3) is 0.474. The van der Waals surface area contributed by atoms with E-state index in [2.05, 4.69) is 4.99 Å². The smallest absolute Gasteiger partial charge is 0.341 e. The summed E-state index contributed by atoms with van der Waals surface area (Å²) >= 11 is 0. The number of hydrogen-bond acceptors (Lipinski definition) is 4. The molecule has 0 N–H and O–H groups in total. The van der Waals surface area contributed by atoms with E-state index in [-0.39, 0.29) is 23.7 Å². The lowest BCUT2D eigenvalue weighted by Gasteiger charge is -2.13. The number of carbonyl (C=O) groups is 1. The Morgan fingerprint density at radius 3 is 2.62 bits per heavy atom. The van der Waals surface area contributed by atoms with Gasteiger partial charge in [0.05, 0.1) is 6.10 Å². The topological polar surface area (TPSA) is 47.9 Å². The minimum absolute atomic E-state index is 0.160. The number of halogens is 1. The fourth-order valence-corrected chi connectivity index (χ4v) is 3.63. The number of carbonyl (C=O) groups excluding carboxylic acids is 1. The molecule has 0 unspecified atom stereocenters. The van der Waals surface area contributed by atoms with Gasteiger partial charge in [0, 0.05) is 17.2 Å². The van der Waals surface area contributed by atoms with Gasteiger partial charge in [0.15, 0.2) is 0 Å². The standard InChI is InChI=1S/C19H20FNO3/c20-16-10-9-13(23-12-5-1-2-6-12)11-17(16)21-18-14-7-3-4-8-15(14)19(22)24-18/h9-12H,1-8H2. The van der Waals surface area contributed by atoms with Crippen molar-refractivity contribution in [3.8, 4) is 5.75 Å². The zero-order chi connectivity index (χ0) is 16.5. The quantitative estimate of drug-likeness (QED) is 0.761. The first kappa shape index (κ1) is 15.4. The number of esters is 1. The zero-order valence-electron chi connectivity index (χ0n) is 13.5. The van der Waals surface area contributed by atoms with Crippen LogP contribution >= 0.6 is 0 Å². The van der Waals surface area contributed by atoms with Gasteiger partial charge in [-0.2, -0.15) is 0 Å². The maximum atomic E-state index is 14.1. The van der Waals surface area contributed by atoms with Gasteiger partial charge in [-0.3, -0.25) is 0 Å². The lowest BCUT2D eigenvalue weighted by Crippen LogP contribution is -2.10. The molecule has 2 aliphatic carbocycles. The highest BCUT2D eigenvalue weighted by molar-refractivity contribution is 6.15. The van der Waals surface area contributed by atoms with Crippen molar-refractivity contribution < 1.29 is 18.7 Å². The first-order valence-electron chi connectivity index (χ1n) is 8.70. The van der Waals surface area contributed by atoms with Gasteiger partial charge >= 0.3 is 5.97 Å². The van der Waals surface area contributed by atoms with E-state index in [1.165, 1.54) is 18.9 Å². The Labute approximate surface area is 140 Å². The maximum absolute atomic E-state index is 14.1. The molecule has 0 saturated heterocycles. The molecule has 0 aromatic heterocycles. The Hall–Kier alpha value is -2.17. The zero-order valence-corrected chi connectivity index (χ0v) is 13.5. The minimum Gasteiger partial charge on any atom is -0.490 e. The van der Waals surface area contributed by atoms with E-state index in [1.807, 2.05) is 0 Å². The molecule has 1 aliphatic heterocycles. The molecule has 0 radical (unpaired) electrons. The second-order valence-corrected chi connectivity index (χ2v) is 6.61. The van der Waals surface area contributed by atoms with Gasteiger partial charge < -0.3 is 9.47 Å². The number of benzene rings is 1. The molecular formula is C19H20FNO3. The summed E-state index contributed by atoms with van der Waals surface area (Å²) in [4.78, 5) is 16.2. The van der Waals surface area contributed by atoms with E-state index in [0.717, 1.165) is 44.1 Å². The predicted octanol–water partition coefficient (Wildman–Crippen LogP) is 4.60. The first-order chi connectivity index (χ1) is 11.7. The van der Waals surface area contributed by atoms with Gasteiger partial charge in [-0.05, 0) is 63.5 Å². The summed E-state index contributed by atoms with van der Waals surface area (Å²) in [6, 6.07) is 4.58. The third-order valence-corrected chi connectivity index (χ3v) is 4.91. The van der Waals surface area contributed by atoms with Crippen LogP contribution in [0.4, 0.5) is 10.1 Å². The number of aliphatic imine (C=N–C) groups is 1. The van der Waals surface area contributed by atoms with Crippen LogP contribution in [0.15, 0.2) is 34.3 Å². The maximum Gasteiger partial charge on any atom is 0.341 e. The second-order valence-electron chi connectivity index (χ2n) is 6.61. The lowest BCUT2D eigenvalue weighted by atomic mass is 9.93. The van der Waals surface area contributed by atoms with Gasteiger partial charge in [-0.1, -0.05) is 0 Å². The Morgan fingerprint density at radius 2 is 1.83 bits per heavy atom. The summed E-state index contributed by atoms with van der Waals surface area (Å²) in [6.45, 7) is 0. The summed E-state index contributed by atoms with van der Waals surface area (Å²) in [7, 11) is 0. The van der Waals surface area contributed by atoms with E-state index in [9.17, 15) is 9.18 Å². The molecule has 126 valence electrons. The Bertz CT molecular complexity index is 732. The average molecular weight is 329 g/mol. The van der Waals surface area contributed by atoms with Crippen molar-refractivity contribution in [3.05, 3.63) is 35.2 Å². The van der Waals surface area contributed by atoms with Gasteiger partial charge in [0.25, 0.3) is 0 Å². The average Bonchev–Trinajstić information content (AvgIpc) is 3.20. The number of cyclic esters (lactones) is 1. The Balaban J connectivity index is 1.61. The van der Waals surface area contributed by atoms with Crippen LogP contribution in [-0.4, -0.2) is 18.0 Å². The monoisotopic (exact) mass is 329 g/mol. The van der Waals surface area contributed by atoms with Crippen LogP contribution in [0.25, 0.3) is 0 Å². The van der Waals surface area contributed by atoms with Crippen LogP contribution < -0.4 is 4.74 Å². The van der Waals surface area contributed by atoms with Crippen molar-refractivity contribution in [2.75, 3.05) is 0 Å². The molecule has 4 nitrogen and oxygen atoms in total. The molecule has 24 heavy (non-hydrogen) atoms. The lowest BCUT2D eigenvalue weighted by molar-refractivity contribution is -0.130. The second kappa shape index (κ2) is 6.38. The van der Waals surface area contributed by atoms with Crippen molar-refractivity contribution in [2.24, 2.45) is 4.99 Å². The molecule has 0 bridgehead atoms. The molecule has 5 heteroatoms. The number of ether oxygens (including phenoxy) is 2. The third-order valence-electron chi connectivity index (χ3n) is 4.91. The van der Waals surface area contributed by atoms with Gasteiger partial charge in [0.1, 0.15) is 17.3 Å². The van der Waals surface area contributed by atoms with E-state index in [1.54, 1.807) is 12.1 Å². The molecule has 1 aromatic rings. The van der Waals surface area contributed by atoms with Crippen molar-refractivity contribution in [2.45, 2.75) is 57.5 Å². The van der Waals surface area contributed by atoms with Gasteiger partial charge in [-0.15, -0.1) is 0 Å². The molecule has 4 rings (SSSR count). The van der Waals surface area contributed by atoms with Crippen molar-refractivity contribution >= 4 is 17.6 Å². The minimum atomic E-state index is -0.442. The molecule has 3 aliphatic rings. The van der Waals surface area contributed by atoms with Crippen molar-refractivity contribution in [1.82, 2.24) is 0 Å². The van der Waals surface area contributed by atoms with Crippen LogP contribution in [0.3, 0.4) is 0 Å². The van der Waals surface area contributed by atoms with Crippen molar-refractivity contribution in [1.29, 1.82) is 0 Å². The number of nitrogens with zero attached hydrogens (tertiary/aromatic N) is 1. The highest BCUT2D eigenvalue weighted by Gasteiger charge is 2.32. The van der Waals surface area contributed by atoms with E-state index >= 15 is 0 Å². The molecular weight excluding hydrogens is 309 g/mol. The Kier molecular flexibility index (Phi) is 4.08. The van der Waals surface area contributed by atoms with Gasteiger partial charge in [-0.25, -0.2) is 14.2 Å². The van der Waals surface area contributed by atoms with Crippen molar-refractivity contribution in [3.63, 3.8) is 0 Å². The third kappa shape index (κ3) is 2.95. The van der Waals surface area contributed by atoms with E-state index in [0.29, 0.717) is 11.3 Å². The van der Waals surface area contributed by atoms with Crippen LogP contribution in [0.2, 0.25) is 0 Å². The van der Waals surface area contributed by atoms with Crippen LogP contribution in [-0.2, 0) is 9.53 Å². The number of hydrogen-bond donors (Lipinski definition) is 0. The summed E-state index contributed by atoms with van der Waals surface area (Å²) in [5.41, 5.74) is 1.71. The molecule has 0 spiro atoms. The van der Waals surface area contributed by atoms with Crippen LogP contribution in [0.1, 0.15) is 51.4 Å². The van der Waals surface area contributed by atoms with Crippen LogP contribution in [0, 0.1) is 5.82 Å². The normalized spacial score (nSPS) is 22.9. The summed E-state index contributed by atoms with van der Waals surface area (Å²) in [5.74, 6) is 0.0980. The molecule has 1 aromatic carbocycles. The van der Waals surface area contributed by atoms with Crippen LogP contribution in [0.5, 0.6) is 5.75 Å². The highest BCUT2D eigenvalue weighted by Crippen LogP contribution is 2.34. The highest BCUT2D eigenvalue weighted by atomic mass is 19.1. The summed E-state index contributed by atoms with van der Waals surface area (Å²) in [6.07, 6.45) is 8.10. The predicted molar refractivity (Wildman–Crippen MR) is 88.0 cm³/mol. The molecule has 0 atom stereocenters. The summed E-state index contributed by atoms with van der Waals surface area (Å²) < 4.78 is 25.3. The van der Waals surface area contributed by atoms with E-state index in [4.69, 9.17) is 9.47 Å². The van der Waals surface area contributed by atoms with Gasteiger partial charge in [0.2, 0.25) is 5.90 Å². The molecule has 0 amide bonds. The first-order valence-corrected chi connectivity index (χ1v) is 8.70. The molecule has 1 heterocycles.